The van der Waals surface area contributed by atoms with Gasteiger partial charge in [-0.3, -0.25) is 9.59 Å². The van der Waals surface area contributed by atoms with Gasteiger partial charge in [0, 0.05) is 31.4 Å². The van der Waals surface area contributed by atoms with Crippen molar-refractivity contribution in [3.63, 3.8) is 0 Å². The number of rotatable bonds is 44. The molecule has 0 aliphatic heterocycles. The highest BCUT2D eigenvalue weighted by Gasteiger charge is 2.23. The molecule has 0 saturated heterocycles. The van der Waals surface area contributed by atoms with Crippen molar-refractivity contribution in [3.05, 3.63) is 41.5 Å². The number of ether oxygens (including phenoxy) is 3. The standard InChI is InChI=1S/C53H88N5O8P/c1-5-8-10-12-14-16-18-20-22-24-26-28-30-36-49(59)62-42-45(66-50(60)37-31-29-27-25-23-21-19-17-15-13-11-9-6-2)43-65-67(63-40-38-55-4)64-41-39-58-48(44-61-7-3)57-51-52(58)46-34-32-33-35-47(46)56-53(51)54/h32-35,45H,5-31,36-44H2,1-3H3,(H2,54,56)/t45-,67?/m1/s1. The normalized spacial score (nSPS) is 12.4. The van der Waals surface area contributed by atoms with Crippen molar-refractivity contribution >= 4 is 48.3 Å². The number of fused-ring (bicyclic) bond motifs is 3. The maximum atomic E-state index is 13.2. The molecule has 1 aromatic carbocycles. The van der Waals surface area contributed by atoms with E-state index in [2.05, 4.69) is 23.7 Å². The van der Waals surface area contributed by atoms with Gasteiger partial charge in [0.15, 0.2) is 11.9 Å². The largest absolute Gasteiger partial charge is 0.462 e. The molecule has 0 aliphatic carbocycles. The van der Waals surface area contributed by atoms with Crippen molar-refractivity contribution in [1.29, 1.82) is 0 Å². The summed E-state index contributed by atoms with van der Waals surface area (Å²) >= 11 is 0. The second kappa shape index (κ2) is 38.4. The van der Waals surface area contributed by atoms with E-state index in [0.29, 0.717) is 36.7 Å². The first-order valence-electron chi connectivity index (χ1n) is 26.4. The van der Waals surface area contributed by atoms with Crippen molar-refractivity contribution in [1.82, 2.24) is 14.5 Å². The number of benzene rings is 1. The summed E-state index contributed by atoms with van der Waals surface area (Å²) in [5.74, 6) is 0.351. The number of nitrogens with zero attached hydrogens (tertiary/aromatic N) is 4. The first kappa shape index (κ1) is 57.9. The van der Waals surface area contributed by atoms with Crippen molar-refractivity contribution in [2.75, 3.05) is 45.3 Å². The second-order valence-electron chi connectivity index (χ2n) is 17.9. The number of anilines is 1. The minimum Gasteiger partial charge on any atom is -0.462 e. The molecule has 0 bridgehead atoms. The van der Waals surface area contributed by atoms with Crippen LogP contribution in [0.4, 0.5) is 5.82 Å². The summed E-state index contributed by atoms with van der Waals surface area (Å²) in [6.07, 6.45) is 31.6. The summed E-state index contributed by atoms with van der Waals surface area (Å²) in [5, 5.41) is 0.904. The number of para-hydroxylation sites is 1. The lowest BCUT2D eigenvalue weighted by Gasteiger charge is -2.21. The molecule has 0 spiro atoms. The fourth-order valence-electron chi connectivity index (χ4n) is 8.27. The Morgan fingerprint density at radius 1 is 0.672 bits per heavy atom. The number of nitrogen functional groups attached to an aromatic ring is 1. The Bertz CT molecular complexity index is 1790. The van der Waals surface area contributed by atoms with Gasteiger partial charge in [0.1, 0.15) is 31.2 Å². The molecule has 1 unspecified atom stereocenters. The van der Waals surface area contributed by atoms with E-state index < -0.39 is 14.7 Å². The molecular formula is C53H88N5O8P. The highest BCUT2D eigenvalue weighted by molar-refractivity contribution is 7.41. The van der Waals surface area contributed by atoms with Crippen molar-refractivity contribution in [2.24, 2.45) is 0 Å². The van der Waals surface area contributed by atoms with Gasteiger partial charge in [0.2, 0.25) is 6.54 Å². The maximum absolute atomic E-state index is 13.2. The van der Waals surface area contributed by atoms with Gasteiger partial charge in [-0.15, -0.1) is 0 Å². The Hall–Kier alpha value is -3.40. The fourth-order valence-corrected chi connectivity index (χ4v) is 9.24. The Labute approximate surface area is 405 Å². The maximum Gasteiger partial charge on any atom is 0.333 e. The van der Waals surface area contributed by atoms with Gasteiger partial charge >= 0.3 is 20.5 Å². The van der Waals surface area contributed by atoms with Crippen LogP contribution in [0.15, 0.2) is 24.3 Å². The van der Waals surface area contributed by atoms with E-state index in [1.165, 1.54) is 128 Å². The summed E-state index contributed by atoms with van der Waals surface area (Å²) in [5.41, 5.74) is 8.56. The lowest BCUT2D eigenvalue weighted by atomic mass is 10.0. The van der Waals surface area contributed by atoms with Crippen molar-refractivity contribution in [2.45, 2.75) is 220 Å². The van der Waals surface area contributed by atoms with Gasteiger partial charge in [-0.25, -0.2) is 16.5 Å². The molecule has 0 radical (unpaired) electrons. The average Bonchev–Trinajstić information content (AvgIpc) is 3.70. The highest BCUT2D eigenvalue weighted by atomic mass is 31.2. The second-order valence-corrected chi connectivity index (χ2v) is 19.1. The molecule has 0 amide bonds. The van der Waals surface area contributed by atoms with Crippen LogP contribution in [0.1, 0.15) is 206 Å². The zero-order valence-corrected chi connectivity index (χ0v) is 42.8. The number of hydrogen-bond donors (Lipinski definition) is 1. The van der Waals surface area contributed by atoms with Gasteiger partial charge < -0.3 is 42.9 Å². The molecule has 14 heteroatoms. The van der Waals surface area contributed by atoms with Crippen LogP contribution in [0.2, 0.25) is 0 Å². The van der Waals surface area contributed by atoms with E-state index in [9.17, 15) is 9.59 Å². The SMILES string of the molecule is [C-]#[N+]CCOP(OCCn1c(COCC)nc2c(N)nc3ccccc3c21)OC[C@@H](COC(=O)CCCCCCCCCCCCCCC)OC(=O)CCCCCCCCCCCCCCC. The number of nitrogens with two attached hydrogens (primary N) is 1. The first-order chi connectivity index (χ1) is 32.9. The van der Waals surface area contributed by atoms with Gasteiger partial charge in [0.25, 0.3) is 0 Å². The minimum atomic E-state index is -1.97. The van der Waals surface area contributed by atoms with E-state index in [1.54, 1.807) is 0 Å². The smallest absolute Gasteiger partial charge is 0.333 e. The molecule has 0 saturated carbocycles. The van der Waals surface area contributed by atoms with Crippen LogP contribution in [0, 0.1) is 6.57 Å². The van der Waals surface area contributed by atoms with Gasteiger partial charge in [-0.1, -0.05) is 186 Å². The lowest BCUT2D eigenvalue weighted by Crippen LogP contribution is -2.29. The molecule has 2 atom stereocenters. The van der Waals surface area contributed by atoms with Crippen LogP contribution in [0.3, 0.4) is 0 Å². The van der Waals surface area contributed by atoms with Crippen LogP contribution in [-0.2, 0) is 50.5 Å². The zero-order chi connectivity index (χ0) is 48.0. The molecule has 67 heavy (non-hydrogen) atoms. The molecular weight excluding hydrogens is 866 g/mol. The van der Waals surface area contributed by atoms with E-state index in [0.717, 1.165) is 54.9 Å². The third kappa shape index (κ3) is 25.7. The van der Waals surface area contributed by atoms with Gasteiger partial charge in [-0.05, 0) is 25.8 Å². The quantitative estimate of drug-likeness (QED) is 0.0250. The van der Waals surface area contributed by atoms with Crippen LogP contribution in [0.5, 0.6) is 0 Å². The third-order valence-corrected chi connectivity index (χ3v) is 13.2. The summed E-state index contributed by atoms with van der Waals surface area (Å²) in [6, 6.07) is 7.78. The van der Waals surface area contributed by atoms with E-state index in [1.807, 2.05) is 35.8 Å². The predicted octanol–water partition coefficient (Wildman–Crippen LogP) is 14.3. The van der Waals surface area contributed by atoms with E-state index >= 15 is 0 Å². The number of carbonyl (C=O) groups is 2. The Kier molecular flexibility index (Phi) is 33.2. The lowest BCUT2D eigenvalue weighted by molar-refractivity contribution is -0.161. The summed E-state index contributed by atoms with van der Waals surface area (Å²) in [7, 11) is -1.97. The molecule has 0 aliphatic rings. The Morgan fingerprint density at radius 3 is 1.75 bits per heavy atom. The number of esters is 2. The first-order valence-corrected chi connectivity index (χ1v) is 27.5. The molecule has 3 rings (SSSR count). The third-order valence-electron chi connectivity index (χ3n) is 12.1. The Morgan fingerprint density at radius 2 is 1.19 bits per heavy atom. The molecule has 2 N–H and O–H groups in total. The molecule has 378 valence electrons. The topological polar surface area (TPSA) is 151 Å². The summed E-state index contributed by atoms with van der Waals surface area (Å²) in [6.45, 7) is 15.0. The Balaban J connectivity index is 1.53. The van der Waals surface area contributed by atoms with Gasteiger partial charge in [0.05, 0.1) is 24.2 Å². The minimum absolute atomic E-state index is 0.100. The van der Waals surface area contributed by atoms with Crippen LogP contribution < -0.4 is 5.73 Å². The fraction of sp³-hybridized carbons (Fsp3) is 0.755. The average molecular weight is 954 g/mol. The summed E-state index contributed by atoms with van der Waals surface area (Å²) in [4.78, 5) is 38.8. The van der Waals surface area contributed by atoms with Crippen molar-refractivity contribution < 1.29 is 37.4 Å². The molecule has 0 fully saturated rings. The van der Waals surface area contributed by atoms with E-state index in [-0.39, 0.29) is 57.9 Å². The molecule has 2 aromatic heterocycles. The number of aromatic nitrogens is 3. The predicted molar refractivity (Wildman–Crippen MR) is 272 cm³/mol. The van der Waals surface area contributed by atoms with Crippen LogP contribution in [0.25, 0.3) is 26.8 Å². The number of unbranched alkanes of at least 4 members (excludes halogenated alkanes) is 24. The molecule has 13 nitrogen and oxygen atoms in total. The number of pyridine rings is 1. The number of imidazole rings is 1. The molecule has 3 aromatic rings. The number of carbonyl (C=O) groups excluding carboxylic acids is 2. The van der Waals surface area contributed by atoms with Crippen LogP contribution in [-0.4, -0.2) is 72.2 Å². The monoisotopic (exact) mass is 954 g/mol. The van der Waals surface area contributed by atoms with Gasteiger partial charge in [-0.2, -0.15) is 0 Å². The zero-order valence-electron chi connectivity index (χ0n) is 41.9. The van der Waals surface area contributed by atoms with E-state index in [4.69, 9.17) is 45.1 Å². The number of hydrogen-bond acceptors (Lipinski definition) is 11. The summed E-state index contributed by atoms with van der Waals surface area (Å²) < 4.78 is 37.6. The van der Waals surface area contributed by atoms with Crippen molar-refractivity contribution in [3.8, 4) is 0 Å². The van der Waals surface area contributed by atoms with Crippen LogP contribution >= 0.6 is 8.60 Å². The molecule has 2 heterocycles. The highest BCUT2D eigenvalue weighted by Crippen LogP contribution is 2.40.